The summed E-state index contributed by atoms with van der Waals surface area (Å²) in [6.07, 6.45) is 4.15. The van der Waals surface area contributed by atoms with Crippen LogP contribution in [-0.2, 0) is 19.1 Å². The smallest absolute Gasteiger partial charge is 0.330 e. The zero-order chi connectivity index (χ0) is 15.8. The summed E-state index contributed by atoms with van der Waals surface area (Å²) in [7, 11) is 0. The van der Waals surface area contributed by atoms with Crippen molar-refractivity contribution in [3.8, 4) is 0 Å². The van der Waals surface area contributed by atoms with Crippen LogP contribution < -0.4 is 0 Å². The van der Waals surface area contributed by atoms with E-state index in [1.165, 1.54) is 6.08 Å². The van der Waals surface area contributed by atoms with E-state index >= 15 is 0 Å². The van der Waals surface area contributed by atoms with Crippen LogP contribution in [0.2, 0.25) is 0 Å². The van der Waals surface area contributed by atoms with Crippen LogP contribution in [0.5, 0.6) is 0 Å². The van der Waals surface area contributed by atoms with Gasteiger partial charge in [-0.2, -0.15) is 0 Å². The third-order valence-corrected chi connectivity index (χ3v) is 2.73. The van der Waals surface area contributed by atoms with Crippen molar-refractivity contribution in [1.82, 2.24) is 0 Å². The zero-order valence-corrected chi connectivity index (χ0v) is 13.6. The van der Waals surface area contributed by atoms with E-state index in [2.05, 4.69) is 0 Å². The molecule has 2 atom stereocenters. The summed E-state index contributed by atoms with van der Waals surface area (Å²) in [5, 5.41) is 0. The molecule has 116 valence electrons. The van der Waals surface area contributed by atoms with E-state index in [0.29, 0.717) is 13.2 Å². The van der Waals surface area contributed by atoms with Gasteiger partial charge in [-0.25, -0.2) is 4.79 Å². The van der Waals surface area contributed by atoms with Gasteiger partial charge in [-0.15, -0.1) is 0 Å². The number of carbonyl (C=O) groups excluding carboxylic acids is 2. The van der Waals surface area contributed by atoms with Crippen LogP contribution >= 0.6 is 0 Å². The van der Waals surface area contributed by atoms with E-state index in [4.69, 9.17) is 9.47 Å². The van der Waals surface area contributed by atoms with Crippen LogP contribution in [0.15, 0.2) is 12.2 Å². The standard InChI is InChI=1S/C16H28O4/c1-7-19-14(17)9-8-12(2)10-13(3)11-20-15(18)16(4,5)6/h8-9,12-13H,7,10-11H2,1-6H3/b9-8+/t12-,13-/m0/s1. The molecule has 4 heteroatoms. The maximum Gasteiger partial charge on any atom is 0.330 e. The second kappa shape index (κ2) is 8.77. The van der Waals surface area contributed by atoms with E-state index in [-0.39, 0.29) is 23.8 Å². The van der Waals surface area contributed by atoms with Gasteiger partial charge in [-0.1, -0.05) is 19.9 Å². The first kappa shape index (κ1) is 18.7. The SMILES string of the molecule is CCOC(=O)/C=C/[C@H](C)C[C@H](C)COC(=O)C(C)(C)C. The molecule has 0 aliphatic heterocycles. The van der Waals surface area contributed by atoms with Crippen LogP contribution in [0, 0.1) is 17.3 Å². The van der Waals surface area contributed by atoms with Crippen molar-refractivity contribution in [3.63, 3.8) is 0 Å². The monoisotopic (exact) mass is 284 g/mol. The minimum Gasteiger partial charge on any atom is -0.465 e. The molecule has 0 unspecified atom stereocenters. The van der Waals surface area contributed by atoms with Crippen molar-refractivity contribution in [2.75, 3.05) is 13.2 Å². The summed E-state index contributed by atoms with van der Waals surface area (Å²) in [5.74, 6) is -0.00359. The normalized spacial score (nSPS) is 14.9. The predicted molar refractivity (Wildman–Crippen MR) is 79.1 cm³/mol. The van der Waals surface area contributed by atoms with Gasteiger partial charge in [0.15, 0.2) is 0 Å². The molecule has 0 aromatic heterocycles. The van der Waals surface area contributed by atoms with Gasteiger partial charge in [0.1, 0.15) is 0 Å². The van der Waals surface area contributed by atoms with E-state index in [9.17, 15) is 9.59 Å². The van der Waals surface area contributed by atoms with Gasteiger partial charge < -0.3 is 9.47 Å². The quantitative estimate of drug-likeness (QED) is 0.531. The third-order valence-electron chi connectivity index (χ3n) is 2.73. The largest absolute Gasteiger partial charge is 0.465 e. The van der Waals surface area contributed by atoms with Crippen LogP contribution in [0.25, 0.3) is 0 Å². The molecule has 0 heterocycles. The number of carbonyl (C=O) groups is 2. The second-order valence-corrected chi connectivity index (χ2v) is 6.28. The minimum absolute atomic E-state index is 0.181. The van der Waals surface area contributed by atoms with Gasteiger partial charge in [-0.05, 0) is 46.0 Å². The summed E-state index contributed by atoms with van der Waals surface area (Å²) in [4.78, 5) is 22.8. The van der Waals surface area contributed by atoms with Crippen LogP contribution in [0.4, 0.5) is 0 Å². The number of hydrogen-bond donors (Lipinski definition) is 0. The lowest BCUT2D eigenvalue weighted by Gasteiger charge is -2.20. The van der Waals surface area contributed by atoms with Gasteiger partial charge >= 0.3 is 11.9 Å². The van der Waals surface area contributed by atoms with Crippen molar-refractivity contribution in [2.24, 2.45) is 17.3 Å². The Bertz CT molecular complexity index is 339. The highest BCUT2D eigenvalue weighted by Crippen LogP contribution is 2.18. The minimum atomic E-state index is -0.463. The molecule has 0 radical (unpaired) electrons. The maximum atomic E-state index is 11.6. The van der Waals surface area contributed by atoms with Crippen molar-refractivity contribution in [1.29, 1.82) is 0 Å². The lowest BCUT2D eigenvalue weighted by Crippen LogP contribution is -2.25. The number of hydrogen-bond acceptors (Lipinski definition) is 4. The Morgan fingerprint density at radius 1 is 1.15 bits per heavy atom. The summed E-state index contributed by atoms with van der Waals surface area (Å²) in [5.41, 5.74) is -0.463. The molecule has 20 heavy (non-hydrogen) atoms. The topological polar surface area (TPSA) is 52.6 Å². The highest BCUT2D eigenvalue weighted by Gasteiger charge is 2.23. The van der Waals surface area contributed by atoms with E-state index in [1.807, 2.05) is 40.7 Å². The Morgan fingerprint density at radius 2 is 1.75 bits per heavy atom. The molecule has 0 N–H and O–H groups in total. The Hall–Kier alpha value is -1.32. The number of allylic oxidation sites excluding steroid dienone is 1. The molecule has 0 spiro atoms. The zero-order valence-electron chi connectivity index (χ0n) is 13.6. The Labute approximate surface area is 122 Å². The first-order valence-corrected chi connectivity index (χ1v) is 7.19. The van der Waals surface area contributed by atoms with Crippen molar-refractivity contribution >= 4 is 11.9 Å². The van der Waals surface area contributed by atoms with Crippen molar-refractivity contribution < 1.29 is 19.1 Å². The lowest BCUT2D eigenvalue weighted by molar-refractivity contribution is -0.154. The van der Waals surface area contributed by atoms with Crippen LogP contribution in [0.1, 0.15) is 48.0 Å². The highest BCUT2D eigenvalue weighted by molar-refractivity contribution is 5.81. The van der Waals surface area contributed by atoms with E-state index in [1.54, 1.807) is 6.92 Å². The molecular formula is C16H28O4. The molecule has 4 nitrogen and oxygen atoms in total. The molecule has 0 aliphatic carbocycles. The molecule has 0 saturated carbocycles. The average Bonchev–Trinajstić information content (AvgIpc) is 2.32. The molecule has 0 aliphatic rings. The van der Waals surface area contributed by atoms with Crippen LogP contribution in [-0.4, -0.2) is 25.2 Å². The molecule has 0 fully saturated rings. The number of rotatable bonds is 7. The van der Waals surface area contributed by atoms with Gasteiger partial charge in [0.05, 0.1) is 18.6 Å². The van der Waals surface area contributed by atoms with Gasteiger partial charge in [0, 0.05) is 6.08 Å². The molecule has 0 aromatic rings. The summed E-state index contributed by atoms with van der Waals surface area (Å²) in [6.45, 7) is 12.1. The maximum absolute atomic E-state index is 11.6. The van der Waals surface area contributed by atoms with Crippen LogP contribution in [0.3, 0.4) is 0 Å². The molecule has 0 amide bonds. The highest BCUT2D eigenvalue weighted by atomic mass is 16.5. The van der Waals surface area contributed by atoms with Crippen molar-refractivity contribution in [2.45, 2.75) is 48.0 Å². The number of esters is 2. The molecular weight excluding hydrogens is 256 g/mol. The fourth-order valence-corrected chi connectivity index (χ4v) is 1.65. The summed E-state index contributed by atoms with van der Waals surface area (Å²) < 4.78 is 10.1. The van der Waals surface area contributed by atoms with E-state index < -0.39 is 5.41 Å². The Morgan fingerprint density at radius 3 is 2.25 bits per heavy atom. The summed E-state index contributed by atoms with van der Waals surface area (Å²) >= 11 is 0. The molecule has 0 bridgehead atoms. The Kier molecular flexibility index (Phi) is 8.19. The fraction of sp³-hybridized carbons (Fsp3) is 0.750. The van der Waals surface area contributed by atoms with E-state index in [0.717, 1.165) is 6.42 Å². The van der Waals surface area contributed by atoms with Gasteiger partial charge in [0.25, 0.3) is 0 Å². The van der Waals surface area contributed by atoms with Gasteiger partial charge in [0.2, 0.25) is 0 Å². The summed E-state index contributed by atoms with van der Waals surface area (Å²) in [6, 6.07) is 0. The second-order valence-electron chi connectivity index (χ2n) is 6.28. The van der Waals surface area contributed by atoms with Crippen molar-refractivity contribution in [3.05, 3.63) is 12.2 Å². The predicted octanol–water partition coefficient (Wildman–Crippen LogP) is 3.36. The third kappa shape index (κ3) is 8.73. The fourth-order valence-electron chi connectivity index (χ4n) is 1.65. The number of ether oxygens (including phenoxy) is 2. The first-order chi connectivity index (χ1) is 9.16. The first-order valence-electron chi connectivity index (χ1n) is 7.19. The average molecular weight is 284 g/mol. The van der Waals surface area contributed by atoms with Gasteiger partial charge in [-0.3, -0.25) is 4.79 Å². The molecule has 0 aromatic carbocycles. The molecule has 0 saturated heterocycles. The molecule has 0 rings (SSSR count). The lowest BCUT2D eigenvalue weighted by atomic mass is 9.96. The Balaban J connectivity index is 4.05.